The molecule has 12 heteroatoms. The molecule has 0 amide bonds. The van der Waals surface area contributed by atoms with Crippen LogP contribution in [0.2, 0.25) is 18.1 Å². The number of imidazole rings is 1. The molecule has 0 bridgehead atoms. The van der Waals surface area contributed by atoms with Gasteiger partial charge in [0, 0.05) is 30.8 Å². The second kappa shape index (κ2) is 12.5. The number of nitrogens with zero attached hydrogens (tertiary/aromatic N) is 5. The van der Waals surface area contributed by atoms with Crippen molar-refractivity contribution in [3.05, 3.63) is 77.9 Å². The number of aromatic nitrogens is 5. The molecule has 2 atom stereocenters. The highest BCUT2D eigenvalue weighted by Crippen LogP contribution is 2.41. The van der Waals surface area contributed by atoms with Gasteiger partial charge in [-0.3, -0.25) is 4.90 Å². The van der Waals surface area contributed by atoms with Gasteiger partial charge in [0.15, 0.2) is 14.1 Å². The van der Waals surface area contributed by atoms with Crippen molar-refractivity contribution in [1.82, 2.24) is 29.6 Å². The zero-order valence-corrected chi connectivity index (χ0v) is 29.4. The Hall–Kier alpha value is -3.87. The third-order valence-electron chi connectivity index (χ3n) is 10.0. The van der Waals surface area contributed by atoms with E-state index in [1.54, 1.807) is 35.9 Å². The average Bonchev–Trinajstić information content (AvgIpc) is 3.75. The molecule has 1 aliphatic rings. The van der Waals surface area contributed by atoms with E-state index in [4.69, 9.17) is 4.43 Å². The Kier molecular flexibility index (Phi) is 8.88. The first kappa shape index (κ1) is 34.0. The quantitative estimate of drug-likeness (QED) is 0.131. The lowest BCUT2D eigenvalue weighted by atomic mass is 9.97. The largest absolute Gasteiger partial charge is 0.418 e. The third-order valence-corrected chi connectivity index (χ3v) is 14.5. The van der Waals surface area contributed by atoms with Crippen LogP contribution < -0.4 is 0 Å². The van der Waals surface area contributed by atoms with E-state index < -0.39 is 25.9 Å². The molecule has 5 aromatic rings. The molecule has 0 radical (unpaired) electrons. The fraction of sp³-hybridized carbons (Fsp3) is 0.417. The number of hydrogen-bond donors (Lipinski definition) is 1. The zero-order valence-electron chi connectivity index (χ0n) is 28.4. The third kappa shape index (κ3) is 6.70. The van der Waals surface area contributed by atoms with E-state index in [-0.39, 0.29) is 28.2 Å². The van der Waals surface area contributed by atoms with Crippen molar-refractivity contribution in [3.63, 3.8) is 0 Å². The molecule has 0 spiro atoms. The summed E-state index contributed by atoms with van der Waals surface area (Å²) in [6.45, 7) is 11.5. The van der Waals surface area contributed by atoms with Crippen molar-refractivity contribution in [2.45, 2.75) is 83.0 Å². The Morgan fingerprint density at radius 3 is 2.44 bits per heavy atom. The summed E-state index contributed by atoms with van der Waals surface area (Å²) in [5.74, 6) is 0.378. The first-order chi connectivity index (χ1) is 22.5. The maximum Gasteiger partial charge on any atom is 0.418 e. The molecule has 1 fully saturated rings. The Morgan fingerprint density at radius 2 is 1.75 bits per heavy atom. The molecule has 1 saturated carbocycles. The number of fused-ring (bicyclic) bond motifs is 1. The second-order valence-electron chi connectivity index (χ2n) is 14.5. The molecule has 2 heterocycles. The molecular weight excluding hydrogens is 637 g/mol. The number of benzene rings is 3. The average molecular weight is 679 g/mol. The summed E-state index contributed by atoms with van der Waals surface area (Å²) in [5, 5.41) is 8.15. The summed E-state index contributed by atoms with van der Waals surface area (Å²) in [4.78, 5) is 9.77. The monoisotopic (exact) mass is 678 g/mol. The van der Waals surface area contributed by atoms with Crippen molar-refractivity contribution >= 4 is 19.4 Å². The molecule has 0 aliphatic heterocycles. The molecule has 1 N–H and O–H groups in total. The van der Waals surface area contributed by atoms with Gasteiger partial charge in [0.1, 0.15) is 18.0 Å². The minimum Gasteiger partial charge on any atom is -0.412 e. The summed E-state index contributed by atoms with van der Waals surface area (Å²) in [5.41, 5.74) is 2.56. The number of aryl methyl sites for hydroxylation is 1. The number of rotatable bonds is 8. The molecule has 1 unspecified atom stereocenters. The first-order valence-corrected chi connectivity index (χ1v) is 19.2. The van der Waals surface area contributed by atoms with Gasteiger partial charge >= 0.3 is 6.18 Å². The maximum atomic E-state index is 14.5. The van der Waals surface area contributed by atoms with Gasteiger partial charge in [0.2, 0.25) is 0 Å². The Balaban J connectivity index is 1.33. The van der Waals surface area contributed by atoms with Crippen LogP contribution in [-0.2, 0) is 24.2 Å². The topological polar surface area (TPSA) is 71.9 Å². The second-order valence-corrected chi connectivity index (χ2v) is 19.2. The lowest BCUT2D eigenvalue weighted by Gasteiger charge is -2.41. The van der Waals surface area contributed by atoms with Gasteiger partial charge in [-0.15, -0.1) is 10.2 Å². The zero-order chi connectivity index (χ0) is 34.6. The van der Waals surface area contributed by atoms with Gasteiger partial charge in [-0.05, 0) is 91.5 Å². The number of nitrogens with one attached hydrogen (secondary N) is 1. The number of H-pyrrole nitrogens is 1. The van der Waals surface area contributed by atoms with E-state index >= 15 is 0 Å². The number of likely N-dealkylation sites (N-methyl/N-ethyl adjacent to an activating group) is 1. The Labute approximate surface area is 279 Å². The summed E-state index contributed by atoms with van der Waals surface area (Å²) in [7, 11) is 1.74. The number of alkyl halides is 3. The highest BCUT2D eigenvalue weighted by molar-refractivity contribution is 6.74. The van der Waals surface area contributed by atoms with Gasteiger partial charge in [-0.25, -0.2) is 9.37 Å². The number of aromatic amines is 1. The van der Waals surface area contributed by atoms with Gasteiger partial charge in [0.25, 0.3) is 0 Å². The summed E-state index contributed by atoms with van der Waals surface area (Å²) in [6, 6.07) is 14.8. The van der Waals surface area contributed by atoms with Crippen LogP contribution >= 0.6 is 0 Å². The van der Waals surface area contributed by atoms with Crippen molar-refractivity contribution in [2.75, 3.05) is 7.05 Å². The Bertz CT molecular complexity index is 1940. The summed E-state index contributed by atoms with van der Waals surface area (Å²) in [6.07, 6.45) is -0.0665. The highest BCUT2D eigenvalue weighted by atomic mass is 28.4. The smallest absolute Gasteiger partial charge is 0.412 e. The Morgan fingerprint density at radius 1 is 1.00 bits per heavy atom. The normalized spacial score (nSPS) is 17.6. The molecule has 2 aromatic heterocycles. The predicted molar refractivity (Wildman–Crippen MR) is 183 cm³/mol. The van der Waals surface area contributed by atoms with E-state index in [2.05, 4.69) is 58.9 Å². The first-order valence-electron chi connectivity index (χ1n) is 16.2. The van der Waals surface area contributed by atoms with Crippen LogP contribution in [0.15, 0.2) is 60.9 Å². The molecule has 7 nitrogen and oxygen atoms in total. The van der Waals surface area contributed by atoms with E-state index in [9.17, 15) is 17.6 Å². The fourth-order valence-electron chi connectivity index (χ4n) is 6.45. The van der Waals surface area contributed by atoms with Crippen LogP contribution in [0.1, 0.15) is 51.2 Å². The maximum absolute atomic E-state index is 14.5. The standard InChI is InChI=1S/C36H42F4N6OSi/c1-35(2,3)48(6,7)47-31-13-9-12-30(31)45(4)20-22-16-28(36(38,39)40)32-29(17-22)42-33(43-32)24-11-8-10-23(18-24)26-15-14-25(37)19-27(26)34-44-41-21-46(34)5/h8,10-11,14-19,21,30-31H,9,12-13,20H2,1-7H3,(H,42,43)/t30-,31?/m1/s1. The van der Waals surface area contributed by atoms with Crippen molar-refractivity contribution in [3.8, 4) is 33.9 Å². The van der Waals surface area contributed by atoms with Crippen molar-refractivity contribution in [1.29, 1.82) is 0 Å². The van der Waals surface area contributed by atoms with Crippen molar-refractivity contribution < 1.29 is 22.0 Å². The van der Waals surface area contributed by atoms with Gasteiger partial charge < -0.3 is 14.0 Å². The van der Waals surface area contributed by atoms with Gasteiger partial charge in [-0.1, -0.05) is 45.0 Å². The van der Waals surface area contributed by atoms with E-state index in [1.807, 2.05) is 19.2 Å². The van der Waals surface area contributed by atoms with E-state index in [0.717, 1.165) is 24.8 Å². The van der Waals surface area contributed by atoms with Crippen LogP contribution in [0.25, 0.3) is 44.9 Å². The van der Waals surface area contributed by atoms with Crippen LogP contribution in [0.5, 0.6) is 0 Å². The minimum absolute atomic E-state index is 0.0567. The van der Waals surface area contributed by atoms with Gasteiger partial charge in [0.05, 0.1) is 22.7 Å². The molecule has 0 saturated heterocycles. The molecule has 1 aliphatic carbocycles. The lowest BCUT2D eigenvalue weighted by Crippen LogP contribution is -2.48. The summed E-state index contributed by atoms with van der Waals surface area (Å²) < 4.78 is 66.4. The highest BCUT2D eigenvalue weighted by Gasteiger charge is 2.43. The van der Waals surface area contributed by atoms with Crippen LogP contribution in [0.3, 0.4) is 0 Å². The fourth-order valence-corrected chi connectivity index (χ4v) is 7.83. The lowest BCUT2D eigenvalue weighted by molar-refractivity contribution is -0.136. The number of hydrogen-bond acceptors (Lipinski definition) is 5. The molecule has 48 heavy (non-hydrogen) atoms. The molecular formula is C36H42F4N6OSi. The van der Waals surface area contributed by atoms with Crippen LogP contribution in [-0.4, -0.2) is 57.1 Å². The van der Waals surface area contributed by atoms with Crippen LogP contribution in [0.4, 0.5) is 17.6 Å². The number of halogens is 4. The molecule has 254 valence electrons. The predicted octanol–water partition coefficient (Wildman–Crippen LogP) is 9.22. The molecule has 3 aromatic carbocycles. The van der Waals surface area contributed by atoms with Gasteiger partial charge in [-0.2, -0.15) is 13.2 Å². The van der Waals surface area contributed by atoms with E-state index in [1.165, 1.54) is 24.5 Å². The molecule has 6 rings (SSSR count). The van der Waals surface area contributed by atoms with Crippen molar-refractivity contribution in [2.24, 2.45) is 7.05 Å². The minimum atomic E-state index is -4.58. The SMILES string of the molecule is CN(Cc1cc(C(F)(F)F)c2[nH]c(-c3cccc(-c4ccc(F)cc4-c4nncn4C)c3)nc2c1)[C@@H]1CCCC1O[Si](C)(C)C(C)(C)C. The summed E-state index contributed by atoms with van der Waals surface area (Å²) >= 11 is 0. The van der Waals surface area contributed by atoms with E-state index in [0.29, 0.717) is 40.4 Å². The van der Waals surface area contributed by atoms with Crippen LogP contribution in [0, 0.1) is 5.82 Å².